The summed E-state index contributed by atoms with van der Waals surface area (Å²) < 4.78 is 0. The molecule has 0 heterocycles. The predicted molar refractivity (Wildman–Crippen MR) is 58.0 cm³/mol. The van der Waals surface area contributed by atoms with Gasteiger partial charge in [0.25, 0.3) is 0 Å². The molecule has 0 saturated carbocycles. The van der Waals surface area contributed by atoms with E-state index in [0.717, 1.165) is 5.56 Å². The van der Waals surface area contributed by atoms with Crippen LogP contribution in [0.15, 0.2) is 36.4 Å². The minimum Gasteiger partial charge on any atom is -0.549 e. The number of nitrogens with zero attached hydrogens (tertiary/aromatic N) is 1. The van der Waals surface area contributed by atoms with Crippen LogP contribution in [0.4, 0.5) is 0 Å². The molecule has 0 saturated heterocycles. The molecular formula is C12H14KNO2. The van der Waals surface area contributed by atoms with E-state index in [0.29, 0.717) is 6.54 Å². The third kappa shape index (κ3) is 7.32. The quantitative estimate of drug-likeness (QED) is 0.532. The molecule has 1 rings (SSSR count). The Bertz CT molecular complexity index is 338. The monoisotopic (exact) mass is 243 g/mol. The maximum absolute atomic E-state index is 10.3. The van der Waals surface area contributed by atoms with Crippen LogP contribution in [0.2, 0.25) is 0 Å². The molecule has 1 aromatic carbocycles. The Balaban J connectivity index is 0.00000225. The largest absolute Gasteiger partial charge is 1.00 e. The summed E-state index contributed by atoms with van der Waals surface area (Å²) in [6.07, 6.45) is 3.89. The number of benzene rings is 1. The zero-order valence-corrected chi connectivity index (χ0v) is 12.8. The third-order valence-corrected chi connectivity index (χ3v) is 1.93. The van der Waals surface area contributed by atoms with Crippen molar-refractivity contribution < 1.29 is 61.3 Å². The van der Waals surface area contributed by atoms with E-state index >= 15 is 0 Å². The molecule has 0 aliphatic rings. The van der Waals surface area contributed by atoms with E-state index < -0.39 is 5.97 Å². The molecule has 16 heavy (non-hydrogen) atoms. The molecule has 80 valence electrons. The standard InChI is InChI=1S/C12H15NO2.K/c1-13(10-12(14)15)9-5-8-11-6-3-2-4-7-11;/h2-8H,9-10H2,1H3,(H,14,15);/q;+1/p-1. The van der Waals surface area contributed by atoms with Crippen molar-refractivity contribution in [2.45, 2.75) is 0 Å². The maximum Gasteiger partial charge on any atom is 1.00 e. The first-order valence-corrected chi connectivity index (χ1v) is 4.78. The first kappa shape index (κ1) is 16.0. The Labute approximate surface area is 139 Å². The molecular weight excluding hydrogens is 229 g/mol. The van der Waals surface area contributed by atoms with E-state index in [9.17, 15) is 9.90 Å². The molecule has 0 radical (unpaired) electrons. The van der Waals surface area contributed by atoms with Gasteiger partial charge in [0.15, 0.2) is 0 Å². The molecule has 0 fully saturated rings. The molecule has 0 bridgehead atoms. The summed E-state index contributed by atoms with van der Waals surface area (Å²) >= 11 is 0. The minimum absolute atomic E-state index is 0. The number of aliphatic carboxylic acids is 1. The fourth-order valence-corrected chi connectivity index (χ4v) is 1.22. The van der Waals surface area contributed by atoms with Gasteiger partial charge in [0, 0.05) is 13.1 Å². The van der Waals surface area contributed by atoms with Gasteiger partial charge in [-0.2, -0.15) is 0 Å². The predicted octanol–water partition coefficient (Wildman–Crippen LogP) is -2.61. The van der Waals surface area contributed by atoms with Gasteiger partial charge in [-0.05, 0) is 12.6 Å². The number of carbonyl (C=O) groups excluding carboxylic acids is 1. The summed E-state index contributed by atoms with van der Waals surface area (Å²) in [5.74, 6) is -1.05. The van der Waals surface area contributed by atoms with Gasteiger partial charge in [-0.25, -0.2) is 0 Å². The molecule has 4 heteroatoms. The number of hydrogen-bond acceptors (Lipinski definition) is 3. The van der Waals surface area contributed by atoms with Gasteiger partial charge in [-0.3, -0.25) is 4.90 Å². The second-order valence-electron chi connectivity index (χ2n) is 3.38. The Morgan fingerprint density at radius 3 is 2.56 bits per heavy atom. The van der Waals surface area contributed by atoms with Gasteiger partial charge < -0.3 is 9.90 Å². The number of carboxylic acids is 1. The van der Waals surface area contributed by atoms with Crippen LogP contribution in [0.5, 0.6) is 0 Å². The average molecular weight is 243 g/mol. The van der Waals surface area contributed by atoms with Crippen molar-refractivity contribution in [3.8, 4) is 0 Å². The maximum atomic E-state index is 10.3. The van der Waals surface area contributed by atoms with E-state index in [1.165, 1.54) is 0 Å². The van der Waals surface area contributed by atoms with Crippen LogP contribution in [-0.2, 0) is 4.79 Å². The Kier molecular flexibility index (Phi) is 9.11. The van der Waals surface area contributed by atoms with Crippen LogP contribution in [0.1, 0.15) is 5.56 Å². The van der Waals surface area contributed by atoms with Crippen LogP contribution in [0.25, 0.3) is 6.08 Å². The molecule has 0 unspecified atom stereocenters. The second kappa shape index (κ2) is 9.10. The summed E-state index contributed by atoms with van der Waals surface area (Å²) in [6.45, 7) is 0.558. The molecule has 3 nitrogen and oxygen atoms in total. The Hall–Kier alpha value is 0.0264. The SMILES string of the molecule is CN(CC=Cc1ccccc1)CC(=O)[O-].[K+]. The zero-order valence-electron chi connectivity index (χ0n) is 9.72. The summed E-state index contributed by atoms with van der Waals surface area (Å²) in [4.78, 5) is 11.9. The molecule has 0 aliphatic heterocycles. The van der Waals surface area contributed by atoms with Gasteiger partial charge in [0.05, 0.1) is 5.97 Å². The number of rotatable bonds is 5. The van der Waals surface area contributed by atoms with Crippen LogP contribution in [0.3, 0.4) is 0 Å². The number of carbonyl (C=O) groups is 1. The first-order chi connectivity index (χ1) is 7.18. The van der Waals surface area contributed by atoms with Crippen molar-refractivity contribution in [3.63, 3.8) is 0 Å². The third-order valence-electron chi connectivity index (χ3n) is 1.93. The topological polar surface area (TPSA) is 43.4 Å². The van der Waals surface area contributed by atoms with Crippen molar-refractivity contribution in [3.05, 3.63) is 42.0 Å². The molecule has 0 amide bonds. The fraction of sp³-hybridized carbons (Fsp3) is 0.250. The summed E-state index contributed by atoms with van der Waals surface area (Å²) in [7, 11) is 1.74. The smallest absolute Gasteiger partial charge is 0.549 e. The van der Waals surface area contributed by atoms with E-state index in [1.807, 2.05) is 42.5 Å². The van der Waals surface area contributed by atoms with Crippen molar-refractivity contribution in [1.82, 2.24) is 4.90 Å². The summed E-state index contributed by atoms with van der Waals surface area (Å²) in [5, 5.41) is 10.3. The number of likely N-dealkylation sites (N-methyl/N-ethyl adjacent to an activating group) is 1. The molecule has 0 aliphatic carbocycles. The van der Waals surface area contributed by atoms with Crippen molar-refractivity contribution in [2.24, 2.45) is 0 Å². The van der Waals surface area contributed by atoms with E-state index in [2.05, 4.69) is 0 Å². The number of hydrogen-bond donors (Lipinski definition) is 0. The molecule has 0 aromatic heterocycles. The van der Waals surface area contributed by atoms with Gasteiger partial charge in [-0.1, -0.05) is 42.5 Å². The summed E-state index contributed by atoms with van der Waals surface area (Å²) in [5.41, 5.74) is 1.11. The van der Waals surface area contributed by atoms with Crippen LogP contribution in [-0.4, -0.2) is 31.0 Å². The van der Waals surface area contributed by atoms with Crippen LogP contribution in [0, 0.1) is 0 Å². The van der Waals surface area contributed by atoms with Crippen LogP contribution < -0.4 is 56.5 Å². The Morgan fingerprint density at radius 1 is 1.38 bits per heavy atom. The molecule has 1 aromatic rings. The van der Waals surface area contributed by atoms with Crippen molar-refractivity contribution in [2.75, 3.05) is 20.1 Å². The second-order valence-corrected chi connectivity index (χ2v) is 3.38. The normalized spacial score (nSPS) is 10.4. The Morgan fingerprint density at radius 2 is 2.00 bits per heavy atom. The average Bonchev–Trinajstić information content (AvgIpc) is 2.18. The number of carboxylic acid groups (broad SMARTS) is 1. The summed E-state index contributed by atoms with van der Waals surface area (Å²) in [6, 6.07) is 9.87. The fourth-order valence-electron chi connectivity index (χ4n) is 1.22. The van der Waals surface area contributed by atoms with Gasteiger partial charge in [-0.15, -0.1) is 0 Å². The van der Waals surface area contributed by atoms with Crippen molar-refractivity contribution >= 4 is 12.0 Å². The minimum atomic E-state index is -1.05. The molecule has 0 atom stereocenters. The van der Waals surface area contributed by atoms with Crippen molar-refractivity contribution in [1.29, 1.82) is 0 Å². The zero-order chi connectivity index (χ0) is 11.1. The van der Waals surface area contributed by atoms with E-state index in [4.69, 9.17) is 0 Å². The van der Waals surface area contributed by atoms with Gasteiger partial charge in [0.2, 0.25) is 0 Å². The van der Waals surface area contributed by atoms with Gasteiger partial charge >= 0.3 is 51.4 Å². The molecule has 0 spiro atoms. The van der Waals surface area contributed by atoms with E-state index in [-0.39, 0.29) is 57.9 Å². The van der Waals surface area contributed by atoms with Crippen LogP contribution >= 0.6 is 0 Å². The van der Waals surface area contributed by atoms with E-state index in [1.54, 1.807) is 11.9 Å². The van der Waals surface area contributed by atoms with Gasteiger partial charge in [0.1, 0.15) is 0 Å². The molecule has 0 N–H and O–H groups in total. The first-order valence-electron chi connectivity index (χ1n) is 4.78.